The Labute approximate surface area is 118 Å². The van der Waals surface area contributed by atoms with Gasteiger partial charge < -0.3 is 10.6 Å². The molecule has 1 rings (SSSR count). The summed E-state index contributed by atoms with van der Waals surface area (Å²) in [5.41, 5.74) is 0. The molecule has 0 amide bonds. The Bertz CT molecular complexity index is 352. The number of aliphatic imine (C=N–C) groups is 1. The lowest BCUT2D eigenvalue weighted by atomic mass is 10.3. The summed E-state index contributed by atoms with van der Waals surface area (Å²) >= 11 is 0. The van der Waals surface area contributed by atoms with Crippen LogP contribution in [0.5, 0.6) is 0 Å². The molecule has 0 radical (unpaired) electrons. The minimum atomic E-state index is -4.26. The summed E-state index contributed by atoms with van der Waals surface area (Å²) in [6.07, 6.45) is -9.03. The van der Waals surface area contributed by atoms with Crippen LogP contribution in [0, 0.1) is 0 Å². The van der Waals surface area contributed by atoms with Gasteiger partial charge in [-0.3, -0.25) is 9.89 Å². The molecular weight excluding hydrogens is 302 g/mol. The van der Waals surface area contributed by atoms with Crippen LogP contribution in [0.1, 0.15) is 12.8 Å². The molecule has 1 aliphatic rings. The number of halogens is 6. The number of guanidine groups is 1. The fourth-order valence-electron chi connectivity index (χ4n) is 2.06. The number of rotatable bonds is 4. The van der Waals surface area contributed by atoms with E-state index in [1.807, 2.05) is 0 Å². The Morgan fingerprint density at radius 2 is 1.86 bits per heavy atom. The molecule has 0 aliphatic carbocycles. The summed E-state index contributed by atoms with van der Waals surface area (Å²) in [6, 6.07) is -0.260. The van der Waals surface area contributed by atoms with E-state index < -0.39 is 25.3 Å². The molecule has 1 aliphatic heterocycles. The SMILES string of the molecule is CN=C(NCCC(F)(F)F)NC1CCN(CC(F)(F)F)C1. The van der Waals surface area contributed by atoms with Crippen LogP contribution in [-0.2, 0) is 0 Å². The van der Waals surface area contributed by atoms with Crippen molar-refractivity contribution in [2.45, 2.75) is 31.2 Å². The third-order valence-electron chi connectivity index (χ3n) is 2.94. The van der Waals surface area contributed by atoms with Gasteiger partial charge in [0.05, 0.1) is 13.0 Å². The highest BCUT2D eigenvalue weighted by atomic mass is 19.4. The van der Waals surface area contributed by atoms with E-state index in [-0.39, 0.29) is 31.6 Å². The van der Waals surface area contributed by atoms with Crippen molar-refractivity contribution in [2.24, 2.45) is 4.99 Å². The third-order valence-corrected chi connectivity index (χ3v) is 2.94. The minimum absolute atomic E-state index is 0.165. The summed E-state index contributed by atoms with van der Waals surface area (Å²) < 4.78 is 72.7. The van der Waals surface area contributed by atoms with Gasteiger partial charge in [-0.1, -0.05) is 0 Å². The van der Waals surface area contributed by atoms with Crippen molar-refractivity contribution in [1.82, 2.24) is 15.5 Å². The van der Waals surface area contributed by atoms with Gasteiger partial charge in [0.1, 0.15) is 0 Å². The van der Waals surface area contributed by atoms with E-state index in [0.717, 1.165) is 0 Å². The zero-order valence-electron chi connectivity index (χ0n) is 11.5. The van der Waals surface area contributed by atoms with E-state index in [4.69, 9.17) is 0 Å². The maximum absolute atomic E-state index is 12.2. The Hall–Kier alpha value is -1.19. The average Bonchev–Trinajstić information content (AvgIpc) is 2.71. The number of hydrogen-bond acceptors (Lipinski definition) is 2. The van der Waals surface area contributed by atoms with Gasteiger partial charge in [-0.15, -0.1) is 0 Å². The highest BCUT2D eigenvalue weighted by Crippen LogP contribution is 2.20. The smallest absolute Gasteiger partial charge is 0.356 e. The molecule has 1 fully saturated rings. The Balaban J connectivity index is 2.32. The largest absolute Gasteiger partial charge is 0.401 e. The molecule has 124 valence electrons. The first-order valence-electron chi connectivity index (χ1n) is 6.42. The molecule has 0 saturated carbocycles. The number of likely N-dealkylation sites (tertiary alicyclic amines) is 1. The number of nitrogens with one attached hydrogen (secondary N) is 2. The summed E-state index contributed by atoms with van der Waals surface area (Å²) in [5.74, 6) is 0.165. The maximum Gasteiger partial charge on any atom is 0.401 e. The van der Waals surface area contributed by atoms with Crippen molar-refractivity contribution in [2.75, 3.05) is 33.2 Å². The summed E-state index contributed by atoms with van der Waals surface area (Å²) in [5, 5.41) is 5.32. The first-order chi connectivity index (χ1) is 9.59. The van der Waals surface area contributed by atoms with Crippen LogP contribution in [0.15, 0.2) is 4.99 Å². The van der Waals surface area contributed by atoms with E-state index in [2.05, 4.69) is 15.6 Å². The third kappa shape index (κ3) is 7.98. The number of alkyl halides is 6. The van der Waals surface area contributed by atoms with Gasteiger partial charge >= 0.3 is 12.4 Å². The Morgan fingerprint density at radius 1 is 1.19 bits per heavy atom. The lowest BCUT2D eigenvalue weighted by molar-refractivity contribution is -0.143. The van der Waals surface area contributed by atoms with Crippen molar-refractivity contribution in [3.8, 4) is 0 Å². The fourth-order valence-corrected chi connectivity index (χ4v) is 2.06. The maximum atomic E-state index is 12.2. The lowest BCUT2D eigenvalue weighted by Gasteiger charge is -2.20. The van der Waals surface area contributed by atoms with Crippen molar-refractivity contribution in [3.63, 3.8) is 0 Å². The van der Waals surface area contributed by atoms with Crippen molar-refractivity contribution in [1.29, 1.82) is 0 Å². The van der Waals surface area contributed by atoms with Crippen molar-refractivity contribution < 1.29 is 26.3 Å². The van der Waals surface area contributed by atoms with Gasteiger partial charge in [-0.05, 0) is 6.42 Å². The van der Waals surface area contributed by atoms with E-state index in [1.54, 1.807) is 0 Å². The van der Waals surface area contributed by atoms with E-state index >= 15 is 0 Å². The average molecular weight is 320 g/mol. The number of nitrogens with zero attached hydrogens (tertiary/aromatic N) is 2. The molecule has 0 spiro atoms. The van der Waals surface area contributed by atoms with Crippen molar-refractivity contribution >= 4 is 5.96 Å². The molecule has 0 aromatic heterocycles. The van der Waals surface area contributed by atoms with Crippen LogP contribution in [0.2, 0.25) is 0 Å². The van der Waals surface area contributed by atoms with Crippen LogP contribution in [-0.4, -0.2) is 62.5 Å². The summed E-state index contributed by atoms with van der Waals surface area (Å²) in [4.78, 5) is 5.01. The number of hydrogen-bond donors (Lipinski definition) is 2. The van der Waals surface area contributed by atoms with Crippen LogP contribution in [0.4, 0.5) is 26.3 Å². The monoisotopic (exact) mass is 320 g/mol. The normalized spacial score (nSPS) is 21.7. The predicted molar refractivity (Wildman–Crippen MR) is 66.1 cm³/mol. The fraction of sp³-hybridized carbons (Fsp3) is 0.909. The predicted octanol–water partition coefficient (Wildman–Crippen LogP) is 1.74. The molecule has 1 atom stereocenters. The molecule has 4 nitrogen and oxygen atoms in total. The molecule has 0 aromatic rings. The first kappa shape index (κ1) is 17.9. The summed E-state index contributed by atoms with van der Waals surface area (Å²) in [7, 11) is 1.39. The van der Waals surface area contributed by atoms with E-state index in [0.29, 0.717) is 6.42 Å². The topological polar surface area (TPSA) is 39.7 Å². The van der Waals surface area contributed by atoms with Gasteiger partial charge in [-0.2, -0.15) is 26.3 Å². The zero-order chi connectivity index (χ0) is 16.1. The molecule has 2 N–H and O–H groups in total. The zero-order valence-corrected chi connectivity index (χ0v) is 11.5. The van der Waals surface area contributed by atoms with Gasteiger partial charge in [0.25, 0.3) is 0 Å². The van der Waals surface area contributed by atoms with Gasteiger partial charge in [0.2, 0.25) is 0 Å². The quantitative estimate of drug-likeness (QED) is 0.471. The second-order valence-corrected chi connectivity index (χ2v) is 4.84. The van der Waals surface area contributed by atoms with Crippen molar-refractivity contribution in [3.05, 3.63) is 0 Å². The first-order valence-corrected chi connectivity index (χ1v) is 6.42. The molecule has 0 aromatic carbocycles. The standard InChI is InChI=1S/C11H18F6N4/c1-18-9(19-4-3-10(12,13)14)20-8-2-5-21(6-8)7-11(15,16)17/h8H,2-7H2,1H3,(H2,18,19,20). The van der Waals surface area contributed by atoms with E-state index in [1.165, 1.54) is 11.9 Å². The van der Waals surface area contributed by atoms with Gasteiger partial charge in [0, 0.05) is 32.7 Å². The highest BCUT2D eigenvalue weighted by molar-refractivity contribution is 5.79. The van der Waals surface area contributed by atoms with Crippen LogP contribution in [0.25, 0.3) is 0 Å². The van der Waals surface area contributed by atoms with Crippen LogP contribution in [0.3, 0.4) is 0 Å². The summed E-state index contributed by atoms with van der Waals surface area (Å²) in [6.45, 7) is -0.844. The molecule has 1 saturated heterocycles. The molecule has 0 bridgehead atoms. The van der Waals surface area contributed by atoms with E-state index in [9.17, 15) is 26.3 Å². The molecular formula is C11H18F6N4. The molecule has 1 heterocycles. The Morgan fingerprint density at radius 3 is 2.38 bits per heavy atom. The second kappa shape index (κ2) is 7.19. The molecule has 21 heavy (non-hydrogen) atoms. The van der Waals surface area contributed by atoms with Gasteiger partial charge in [0.15, 0.2) is 5.96 Å². The molecule has 1 unspecified atom stereocenters. The van der Waals surface area contributed by atoms with Gasteiger partial charge in [-0.25, -0.2) is 0 Å². The lowest BCUT2D eigenvalue weighted by Crippen LogP contribution is -2.45. The van der Waals surface area contributed by atoms with Crippen LogP contribution < -0.4 is 10.6 Å². The second-order valence-electron chi connectivity index (χ2n) is 4.84. The highest BCUT2D eigenvalue weighted by Gasteiger charge is 2.34. The Kier molecular flexibility index (Phi) is 6.11. The minimum Gasteiger partial charge on any atom is -0.356 e. The molecule has 10 heteroatoms. The van der Waals surface area contributed by atoms with Crippen LogP contribution >= 0.6 is 0 Å².